The minimum atomic E-state index is -0.114. The van der Waals surface area contributed by atoms with E-state index in [0.717, 1.165) is 21.7 Å². The van der Waals surface area contributed by atoms with Crippen LogP contribution in [0.1, 0.15) is 0 Å². The molecule has 2 aromatic heterocycles. The molecule has 0 radical (unpaired) electrons. The van der Waals surface area contributed by atoms with Crippen molar-refractivity contribution in [1.82, 2.24) is 14.3 Å². The lowest BCUT2D eigenvalue weighted by molar-refractivity contribution is 0.717. The van der Waals surface area contributed by atoms with Crippen LogP contribution in [0, 0.1) is 0 Å². The summed E-state index contributed by atoms with van der Waals surface area (Å²) >= 11 is 1.38. The van der Waals surface area contributed by atoms with Crippen molar-refractivity contribution in [2.45, 2.75) is 0 Å². The van der Waals surface area contributed by atoms with E-state index in [2.05, 4.69) is 5.10 Å². The Bertz CT molecular complexity index is 1120. The third-order valence-corrected chi connectivity index (χ3v) is 4.74. The Morgan fingerprint density at radius 3 is 2.38 bits per heavy atom. The van der Waals surface area contributed by atoms with Crippen molar-refractivity contribution in [3.05, 3.63) is 82.0 Å². The lowest BCUT2D eigenvalue weighted by atomic mass is 10.3. The van der Waals surface area contributed by atoms with Crippen LogP contribution in [0.15, 0.2) is 76.6 Å². The Hall–Kier alpha value is -2.99. The molecule has 2 heterocycles. The van der Waals surface area contributed by atoms with Gasteiger partial charge in [0.05, 0.1) is 17.4 Å². The van der Waals surface area contributed by atoms with Gasteiger partial charge in [-0.25, -0.2) is 9.67 Å². The first-order chi connectivity index (χ1) is 11.7. The van der Waals surface area contributed by atoms with E-state index in [9.17, 15) is 4.79 Å². The Balaban J connectivity index is 2.11. The van der Waals surface area contributed by atoms with Crippen molar-refractivity contribution in [2.24, 2.45) is 12.0 Å². The second kappa shape index (κ2) is 5.90. The number of aryl methyl sites for hydroxylation is 1. The lowest BCUT2D eigenvalue weighted by Gasteiger charge is -2.05. The number of aromatic nitrogens is 3. The highest BCUT2D eigenvalue weighted by Gasteiger charge is 2.12. The van der Waals surface area contributed by atoms with Gasteiger partial charge in [0.25, 0.3) is 5.56 Å². The highest BCUT2D eigenvalue weighted by Crippen LogP contribution is 2.18. The van der Waals surface area contributed by atoms with Gasteiger partial charge in [0.15, 0.2) is 4.80 Å². The van der Waals surface area contributed by atoms with Crippen LogP contribution >= 0.6 is 11.3 Å². The molecule has 118 valence electrons. The van der Waals surface area contributed by atoms with Crippen LogP contribution in [0.25, 0.3) is 15.9 Å². The fraction of sp³-hybridized carbons (Fsp3) is 0.0556. The van der Waals surface area contributed by atoms with Gasteiger partial charge < -0.3 is 0 Å². The lowest BCUT2D eigenvalue weighted by Crippen LogP contribution is -2.18. The molecule has 0 saturated heterocycles. The zero-order valence-electron chi connectivity index (χ0n) is 13.0. The molecule has 0 unspecified atom stereocenters. The number of fused-ring (bicyclic) bond motifs is 1. The molecule has 6 heteroatoms. The van der Waals surface area contributed by atoms with E-state index in [0.29, 0.717) is 4.70 Å². The Morgan fingerprint density at radius 2 is 1.67 bits per heavy atom. The van der Waals surface area contributed by atoms with Crippen molar-refractivity contribution in [2.75, 3.05) is 0 Å². The monoisotopic (exact) mass is 334 g/mol. The summed E-state index contributed by atoms with van der Waals surface area (Å²) in [6, 6.07) is 19.6. The maximum atomic E-state index is 12.4. The molecule has 4 aromatic rings. The minimum Gasteiger partial charge on any atom is -0.283 e. The molecule has 5 nitrogen and oxygen atoms in total. The summed E-state index contributed by atoms with van der Waals surface area (Å²) in [6.07, 6.45) is 1.71. The van der Waals surface area contributed by atoms with Gasteiger partial charge in [0, 0.05) is 12.7 Å². The SMILES string of the molecule is Cn1ncc2c(sc(=Nc3ccccc3)n2-c2ccccc2)c1=O. The van der Waals surface area contributed by atoms with E-state index in [1.54, 1.807) is 13.2 Å². The highest BCUT2D eigenvalue weighted by molar-refractivity contribution is 7.16. The molecule has 0 atom stereocenters. The number of rotatable bonds is 2. The van der Waals surface area contributed by atoms with Gasteiger partial charge in [-0.15, -0.1) is 0 Å². The normalized spacial score (nSPS) is 12.0. The smallest absolute Gasteiger partial charge is 0.283 e. The van der Waals surface area contributed by atoms with E-state index in [1.807, 2.05) is 65.2 Å². The third kappa shape index (κ3) is 2.47. The van der Waals surface area contributed by atoms with Crippen LogP contribution in [-0.4, -0.2) is 14.3 Å². The van der Waals surface area contributed by atoms with Gasteiger partial charge in [-0.05, 0) is 24.3 Å². The molecule has 4 rings (SSSR count). The van der Waals surface area contributed by atoms with Crippen LogP contribution in [0.3, 0.4) is 0 Å². The summed E-state index contributed by atoms with van der Waals surface area (Å²) < 4.78 is 3.97. The number of para-hydroxylation sites is 2. The van der Waals surface area contributed by atoms with Gasteiger partial charge in [0.1, 0.15) is 4.70 Å². The molecular formula is C18H14N4OS. The summed E-state index contributed by atoms with van der Waals surface area (Å²) in [5.41, 5.74) is 2.45. The molecule has 0 aliphatic rings. The third-order valence-electron chi connectivity index (χ3n) is 3.69. The summed E-state index contributed by atoms with van der Waals surface area (Å²) in [7, 11) is 1.66. The number of benzene rings is 2. The molecule has 0 N–H and O–H groups in total. The Morgan fingerprint density at radius 1 is 1.00 bits per heavy atom. The fourth-order valence-corrected chi connectivity index (χ4v) is 3.61. The van der Waals surface area contributed by atoms with E-state index in [-0.39, 0.29) is 5.56 Å². The maximum absolute atomic E-state index is 12.4. The molecule has 0 bridgehead atoms. The molecular weight excluding hydrogens is 320 g/mol. The quantitative estimate of drug-likeness (QED) is 0.566. The van der Waals surface area contributed by atoms with Gasteiger partial charge in [-0.2, -0.15) is 5.10 Å². The zero-order chi connectivity index (χ0) is 16.5. The second-order valence-electron chi connectivity index (χ2n) is 5.29. The summed E-state index contributed by atoms with van der Waals surface area (Å²) in [5, 5.41) is 4.16. The molecule has 0 saturated carbocycles. The first kappa shape index (κ1) is 14.6. The maximum Gasteiger partial charge on any atom is 0.286 e. The average molecular weight is 334 g/mol. The average Bonchev–Trinajstić information content (AvgIpc) is 2.98. The largest absolute Gasteiger partial charge is 0.286 e. The minimum absolute atomic E-state index is 0.114. The van der Waals surface area contributed by atoms with Crippen LogP contribution < -0.4 is 10.4 Å². The summed E-state index contributed by atoms with van der Waals surface area (Å²) in [6.45, 7) is 0. The molecule has 0 amide bonds. The number of nitrogens with zero attached hydrogens (tertiary/aromatic N) is 4. The van der Waals surface area contributed by atoms with Crippen molar-refractivity contribution in [1.29, 1.82) is 0 Å². The summed E-state index contributed by atoms with van der Waals surface area (Å²) in [5.74, 6) is 0. The van der Waals surface area contributed by atoms with Gasteiger partial charge in [-0.3, -0.25) is 9.36 Å². The van der Waals surface area contributed by atoms with E-state index in [4.69, 9.17) is 4.99 Å². The van der Waals surface area contributed by atoms with Gasteiger partial charge >= 0.3 is 0 Å². The fourth-order valence-electron chi connectivity index (χ4n) is 2.52. The van der Waals surface area contributed by atoms with Crippen LogP contribution in [0.5, 0.6) is 0 Å². The topological polar surface area (TPSA) is 52.2 Å². The molecule has 0 aliphatic heterocycles. The molecule has 0 aliphatic carbocycles. The van der Waals surface area contributed by atoms with E-state index in [1.165, 1.54) is 16.0 Å². The number of hydrogen-bond acceptors (Lipinski definition) is 4. The van der Waals surface area contributed by atoms with Crippen molar-refractivity contribution in [3.63, 3.8) is 0 Å². The van der Waals surface area contributed by atoms with Crippen LogP contribution in [-0.2, 0) is 7.05 Å². The van der Waals surface area contributed by atoms with E-state index >= 15 is 0 Å². The molecule has 0 spiro atoms. The van der Waals surface area contributed by atoms with E-state index < -0.39 is 0 Å². The Kier molecular flexibility index (Phi) is 3.59. The van der Waals surface area contributed by atoms with Crippen molar-refractivity contribution >= 4 is 27.2 Å². The number of hydrogen-bond donors (Lipinski definition) is 0. The molecule has 2 aromatic carbocycles. The standard InChI is InChI=1S/C18H14N4OS/c1-21-17(23)16-15(12-19-21)22(14-10-6-3-7-11-14)18(24-16)20-13-8-4-2-5-9-13/h2-12H,1H3. The zero-order valence-corrected chi connectivity index (χ0v) is 13.8. The predicted molar refractivity (Wildman–Crippen MR) is 95.9 cm³/mol. The first-order valence-corrected chi connectivity index (χ1v) is 8.29. The predicted octanol–water partition coefficient (Wildman–Crippen LogP) is 3.02. The number of thiazole rings is 1. The van der Waals surface area contributed by atoms with Crippen molar-refractivity contribution in [3.8, 4) is 5.69 Å². The van der Waals surface area contributed by atoms with Gasteiger partial charge in [-0.1, -0.05) is 47.7 Å². The Labute approximate surface area is 141 Å². The summed E-state index contributed by atoms with van der Waals surface area (Å²) in [4.78, 5) is 17.9. The molecule has 0 fully saturated rings. The van der Waals surface area contributed by atoms with Crippen molar-refractivity contribution < 1.29 is 0 Å². The molecule has 24 heavy (non-hydrogen) atoms. The van der Waals surface area contributed by atoms with Crippen LogP contribution in [0.2, 0.25) is 0 Å². The highest BCUT2D eigenvalue weighted by atomic mass is 32.1. The van der Waals surface area contributed by atoms with Gasteiger partial charge in [0.2, 0.25) is 0 Å². The first-order valence-electron chi connectivity index (χ1n) is 7.47. The second-order valence-corrected chi connectivity index (χ2v) is 6.27. The van der Waals surface area contributed by atoms with Crippen LogP contribution in [0.4, 0.5) is 5.69 Å².